The zero-order valence-electron chi connectivity index (χ0n) is 24.1. The number of allylic oxidation sites excluding steroid dienone is 1. The minimum absolute atomic E-state index is 0.167. The van der Waals surface area contributed by atoms with Crippen molar-refractivity contribution in [1.29, 1.82) is 0 Å². The second-order valence-electron chi connectivity index (χ2n) is 9.26. The van der Waals surface area contributed by atoms with E-state index in [0.717, 1.165) is 34.6 Å². The van der Waals surface area contributed by atoms with E-state index in [0.29, 0.717) is 23.0 Å². The summed E-state index contributed by atoms with van der Waals surface area (Å²) in [5.41, 5.74) is 7.26. The first-order valence-electron chi connectivity index (χ1n) is 13.7. The maximum absolute atomic E-state index is 13.5. The summed E-state index contributed by atoms with van der Waals surface area (Å²) in [5, 5.41) is 7.86. The quantitative estimate of drug-likeness (QED) is 0.194. The summed E-state index contributed by atoms with van der Waals surface area (Å²) in [6.45, 7) is 14.2. The molecule has 0 fully saturated rings. The number of hydrogen-bond acceptors (Lipinski definition) is 4. The molecule has 0 aliphatic rings. The Hall–Kier alpha value is -3.90. The summed E-state index contributed by atoms with van der Waals surface area (Å²) < 4.78 is 15.2. The van der Waals surface area contributed by atoms with Gasteiger partial charge in [-0.05, 0) is 48.4 Å². The lowest BCUT2D eigenvalue weighted by Gasteiger charge is -2.14. The summed E-state index contributed by atoms with van der Waals surface area (Å²) in [6, 6.07) is 29.4. The number of nitrogens with one attached hydrogen (secondary N) is 1. The van der Waals surface area contributed by atoms with Gasteiger partial charge in [0.1, 0.15) is 10.7 Å². The Balaban J connectivity index is 0.000000827. The molecule has 5 rings (SSSR count). The summed E-state index contributed by atoms with van der Waals surface area (Å²) in [7, 11) is 0. The number of hydrogen-bond donors (Lipinski definition) is 1. The van der Waals surface area contributed by atoms with E-state index in [1.165, 1.54) is 17.3 Å². The van der Waals surface area contributed by atoms with Crippen molar-refractivity contribution in [2.45, 2.75) is 58.4 Å². The van der Waals surface area contributed by atoms with Gasteiger partial charge >= 0.3 is 0 Å². The molecule has 0 amide bonds. The first-order chi connectivity index (χ1) is 19.5. The maximum atomic E-state index is 13.5. The van der Waals surface area contributed by atoms with Crippen LogP contribution in [0.1, 0.15) is 55.9 Å². The van der Waals surface area contributed by atoms with Crippen LogP contribution in [0.15, 0.2) is 109 Å². The van der Waals surface area contributed by atoms with Gasteiger partial charge in [0.05, 0.1) is 24.0 Å². The largest absolute Gasteiger partial charge is 0.366 e. The van der Waals surface area contributed by atoms with Gasteiger partial charge in [-0.1, -0.05) is 106 Å². The average molecular weight is 555 g/mol. The van der Waals surface area contributed by atoms with Gasteiger partial charge in [-0.15, -0.1) is 6.58 Å². The van der Waals surface area contributed by atoms with Gasteiger partial charge in [-0.3, -0.25) is 0 Å². The van der Waals surface area contributed by atoms with Crippen molar-refractivity contribution in [3.8, 4) is 11.3 Å². The van der Waals surface area contributed by atoms with E-state index < -0.39 is 0 Å². The summed E-state index contributed by atoms with van der Waals surface area (Å²) in [4.78, 5) is 5.12. The van der Waals surface area contributed by atoms with Gasteiger partial charge in [0.25, 0.3) is 0 Å². The number of anilines is 1. The molecule has 208 valence electrons. The number of fused-ring (bicyclic) bond motifs is 1. The zero-order valence-corrected chi connectivity index (χ0v) is 24.9. The van der Waals surface area contributed by atoms with Crippen molar-refractivity contribution in [3.63, 3.8) is 0 Å². The molecule has 0 aliphatic heterocycles. The summed E-state index contributed by atoms with van der Waals surface area (Å²) in [5.74, 6) is 1.21. The van der Waals surface area contributed by atoms with E-state index in [1.54, 1.807) is 10.6 Å². The van der Waals surface area contributed by atoms with E-state index in [4.69, 9.17) is 4.98 Å². The van der Waals surface area contributed by atoms with Gasteiger partial charge in [-0.25, -0.2) is 4.98 Å². The van der Waals surface area contributed by atoms with Crippen molar-refractivity contribution < 1.29 is 3.89 Å². The fourth-order valence-corrected chi connectivity index (χ4v) is 4.65. The third-order valence-electron chi connectivity index (χ3n) is 6.35. The summed E-state index contributed by atoms with van der Waals surface area (Å²) in [6.07, 6.45) is 4.28. The highest BCUT2D eigenvalue weighted by Crippen LogP contribution is 2.30. The van der Waals surface area contributed by atoms with Crippen LogP contribution in [0.25, 0.3) is 16.9 Å². The number of aryl methyl sites for hydroxylation is 1. The van der Waals surface area contributed by atoms with Crippen molar-refractivity contribution >= 4 is 23.6 Å². The van der Waals surface area contributed by atoms with Crippen LogP contribution in [0.3, 0.4) is 0 Å². The molecule has 2 aromatic heterocycles. The Morgan fingerprint density at radius 2 is 1.62 bits per heavy atom. The standard InChI is InChI=1S/C29H27FN4S.C3H6.C2H6/c1-20-8-6-7-11-25(20)26-17-28(34-29(33-26)27(35-30)19-32-34)31-18-23-12-14-24(15-13-23)21(2)16-22-9-4-3-5-10-22;1-3-2;1-2/h3-15,17,19,21,31H,16,18H2,1-2H3;3H,1H2,2H3;1-2H3. The Morgan fingerprint density at radius 1 is 0.975 bits per heavy atom. The molecule has 0 radical (unpaired) electrons. The lowest BCUT2D eigenvalue weighted by molar-refractivity contribution is 0.758. The van der Waals surface area contributed by atoms with Gasteiger partial charge < -0.3 is 5.32 Å². The van der Waals surface area contributed by atoms with E-state index in [-0.39, 0.29) is 12.1 Å². The predicted molar refractivity (Wildman–Crippen MR) is 170 cm³/mol. The molecule has 1 atom stereocenters. The highest BCUT2D eigenvalue weighted by Gasteiger charge is 2.14. The van der Waals surface area contributed by atoms with Crippen LogP contribution in [-0.4, -0.2) is 14.6 Å². The smallest absolute Gasteiger partial charge is 0.174 e. The third kappa shape index (κ3) is 7.82. The van der Waals surface area contributed by atoms with Crippen LogP contribution in [0.5, 0.6) is 0 Å². The normalized spacial score (nSPS) is 11.1. The number of nitrogens with zero attached hydrogens (tertiary/aromatic N) is 3. The second-order valence-corrected chi connectivity index (χ2v) is 9.85. The monoisotopic (exact) mass is 554 g/mol. The molecule has 40 heavy (non-hydrogen) atoms. The van der Waals surface area contributed by atoms with Crippen molar-refractivity contribution in [1.82, 2.24) is 14.6 Å². The third-order valence-corrected chi connectivity index (χ3v) is 6.80. The first-order valence-corrected chi connectivity index (χ1v) is 14.4. The molecule has 0 aliphatic carbocycles. The molecule has 3 aromatic carbocycles. The predicted octanol–water partition coefficient (Wildman–Crippen LogP) is 9.86. The molecule has 0 saturated heterocycles. The average Bonchev–Trinajstić information content (AvgIpc) is 3.42. The van der Waals surface area contributed by atoms with Gasteiger partial charge in [0.15, 0.2) is 5.65 Å². The number of benzene rings is 3. The molecular formula is C34H39FN4S. The fourth-order valence-electron chi connectivity index (χ4n) is 4.36. The van der Waals surface area contributed by atoms with Crippen LogP contribution in [-0.2, 0) is 13.0 Å². The van der Waals surface area contributed by atoms with Gasteiger partial charge in [-0.2, -0.15) is 13.5 Å². The molecule has 0 saturated carbocycles. The van der Waals surface area contributed by atoms with Crippen LogP contribution in [0, 0.1) is 6.92 Å². The Morgan fingerprint density at radius 3 is 2.27 bits per heavy atom. The fraction of sp³-hybridized carbons (Fsp3) is 0.235. The second kappa shape index (κ2) is 15.6. The minimum Gasteiger partial charge on any atom is -0.366 e. The van der Waals surface area contributed by atoms with Gasteiger partial charge in [0.2, 0.25) is 0 Å². The topological polar surface area (TPSA) is 42.2 Å². The van der Waals surface area contributed by atoms with Crippen LogP contribution < -0.4 is 5.32 Å². The molecule has 6 heteroatoms. The Labute approximate surface area is 242 Å². The Kier molecular flexibility index (Phi) is 12.0. The highest BCUT2D eigenvalue weighted by molar-refractivity contribution is 7.94. The molecule has 1 unspecified atom stereocenters. The van der Waals surface area contributed by atoms with Crippen molar-refractivity contribution in [3.05, 3.63) is 126 Å². The molecule has 0 spiro atoms. The molecule has 1 N–H and O–H groups in total. The maximum Gasteiger partial charge on any atom is 0.174 e. The Bertz CT molecular complexity index is 1480. The molecule has 5 aromatic rings. The van der Waals surface area contributed by atoms with E-state index in [2.05, 4.69) is 91.5 Å². The summed E-state index contributed by atoms with van der Waals surface area (Å²) >= 11 is 0.167. The van der Waals surface area contributed by atoms with Gasteiger partial charge in [0, 0.05) is 18.2 Å². The van der Waals surface area contributed by atoms with Crippen molar-refractivity contribution in [2.24, 2.45) is 0 Å². The van der Waals surface area contributed by atoms with Crippen LogP contribution in [0.2, 0.25) is 0 Å². The number of aromatic nitrogens is 3. The van der Waals surface area contributed by atoms with E-state index >= 15 is 0 Å². The zero-order chi connectivity index (χ0) is 28.9. The molecule has 2 heterocycles. The van der Waals surface area contributed by atoms with E-state index in [1.807, 2.05) is 45.0 Å². The van der Waals surface area contributed by atoms with Crippen LogP contribution >= 0.6 is 12.1 Å². The number of halogens is 1. The van der Waals surface area contributed by atoms with E-state index in [9.17, 15) is 3.89 Å². The lowest BCUT2D eigenvalue weighted by atomic mass is 9.93. The minimum atomic E-state index is 0.167. The SMILES string of the molecule is C=CC.CC.Cc1ccccc1-c1cc(NCc2ccc(C(C)Cc3ccccc3)cc2)n2ncc(SF)c2n1. The molecular weight excluding hydrogens is 515 g/mol. The first kappa shape index (κ1) is 30.6. The lowest BCUT2D eigenvalue weighted by Crippen LogP contribution is -2.07. The molecule has 0 bridgehead atoms. The van der Waals surface area contributed by atoms with Crippen molar-refractivity contribution in [2.75, 3.05) is 5.32 Å². The highest BCUT2D eigenvalue weighted by atomic mass is 32.2. The molecule has 4 nitrogen and oxygen atoms in total. The number of rotatable bonds is 8. The van der Waals surface area contributed by atoms with Crippen LogP contribution in [0.4, 0.5) is 9.70 Å².